The zero-order valence-corrected chi connectivity index (χ0v) is 11.5. The fourth-order valence-electron chi connectivity index (χ4n) is 2.98. The maximum Gasteiger partial charge on any atom is 0.222 e. The molecule has 0 bridgehead atoms. The molecular formula is C14H24N2O3. The van der Waals surface area contributed by atoms with Crippen molar-refractivity contribution < 1.29 is 14.7 Å². The third-order valence-electron chi connectivity index (χ3n) is 4.23. The average molecular weight is 268 g/mol. The Bertz CT molecular complexity index is 338. The fourth-order valence-corrected chi connectivity index (χ4v) is 2.98. The molecule has 0 unspecified atom stereocenters. The molecule has 108 valence electrons. The third kappa shape index (κ3) is 4.20. The highest BCUT2D eigenvalue weighted by molar-refractivity contribution is 5.80. The Hall–Kier alpha value is -1.10. The maximum atomic E-state index is 11.7. The average Bonchev–Trinajstić information content (AvgIpc) is 2.96. The molecule has 1 saturated carbocycles. The quantitative estimate of drug-likeness (QED) is 0.749. The van der Waals surface area contributed by atoms with E-state index in [0.29, 0.717) is 32.4 Å². The van der Waals surface area contributed by atoms with Gasteiger partial charge < -0.3 is 15.3 Å². The number of hydrogen-bond acceptors (Lipinski definition) is 3. The molecule has 0 atom stereocenters. The van der Waals surface area contributed by atoms with Gasteiger partial charge >= 0.3 is 0 Å². The number of likely N-dealkylation sites (tertiary alicyclic amines) is 1. The van der Waals surface area contributed by atoms with Crippen LogP contribution in [0.4, 0.5) is 0 Å². The second-order valence-corrected chi connectivity index (χ2v) is 5.77. The molecule has 2 fully saturated rings. The summed E-state index contributed by atoms with van der Waals surface area (Å²) in [5.41, 5.74) is -0.557. The predicted octanol–water partition coefficient (Wildman–Crippen LogP) is 0.810. The van der Waals surface area contributed by atoms with Gasteiger partial charge in [0.25, 0.3) is 0 Å². The van der Waals surface area contributed by atoms with Crippen LogP contribution in [0.1, 0.15) is 51.4 Å². The molecule has 0 aromatic rings. The van der Waals surface area contributed by atoms with Crippen molar-refractivity contribution in [2.24, 2.45) is 0 Å². The fraction of sp³-hybridized carbons (Fsp3) is 0.857. The summed E-state index contributed by atoms with van der Waals surface area (Å²) in [4.78, 5) is 24.8. The highest BCUT2D eigenvalue weighted by Crippen LogP contribution is 2.31. The first kappa shape index (κ1) is 14.3. The minimum absolute atomic E-state index is 0.0266. The van der Waals surface area contributed by atoms with Crippen LogP contribution >= 0.6 is 0 Å². The molecule has 1 aliphatic carbocycles. The van der Waals surface area contributed by atoms with Gasteiger partial charge in [-0.3, -0.25) is 9.59 Å². The van der Waals surface area contributed by atoms with Crippen molar-refractivity contribution in [2.75, 3.05) is 19.6 Å². The molecule has 19 heavy (non-hydrogen) atoms. The standard InChI is InChI=1S/C14H24N2O3/c17-12(5-11-16-10-3-4-13(16)18)15-9-8-14(19)6-1-2-7-14/h19H,1-11H2,(H,15,17). The molecule has 2 aliphatic rings. The zero-order chi connectivity index (χ0) is 13.7. The molecule has 5 heteroatoms. The largest absolute Gasteiger partial charge is 0.390 e. The summed E-state index contributed by atoms with van der Waals surface area (Å²) < 4.78 is 0. The van der Waals surface area contributed by atoms with Crippen LogP contribution in [-0.4, -0.2) is 47.1 Å². The topological polar surface area (TPSA) is 69.6 Å². The molecule has 5 nitrogen and oxygen atoms in total. The van der Waals surface area contributed by atoms with E-state index in [4.69, 9.17) is 0 Å². The van der Waals surface area contributed by atoms with E-state index >= 15 is 0 Å². The molecule has 0 spiro atoms. The van der Waals surface area contributed by atoms with E-state index in [-0.39, 0.29) is 11.8 Å². The number of aliphatic hydroxyl groups is 1. The van der Waals surface area contributed by atoms with Gasteiger partial charge in [0.05, 0.1) is 5.60 Å². The smallest absolute Gasteiger partial charge is 0.222 e. The van der Waals surface area contributed by atoms with Gasteiger partial charge in [-0.25, -0.2) is 0 Å². The molecular weight excluding hydrogens is 244 g/mol. The first-order chi connectivity index (χ1) is 9.09. The van der Waals surface area contributed by atoms with Gasteiger partial charge in [-0.05, 0) is 25.7 Å². The van der Waals surface area contributed by atoms with Gasteiger partial charge in [0.15, 0.2) is 0 Å². The Labute approximate surface area is 114 Å². The SMILES string of the molecule is O=C(CCN1CCCC1=O)NCCC1(O)CCCC1. The highest BCUT2D eigenvalue weighted by atomic mass is 16.3. The number of amides is 2. The van der Waals surface area contributed by atoms with E-state index in [1.54, 1.807) is 4.90 Å². The van der Waals surface area contributed by atoms with Crippen molar-refractivity contribution in [1.82, 2.24) is 10.2 Å². The van der Waals surface area contributed by atoms with Gasteiger partial charge in [-0.1, -0.05) is 12.8 Å². The lowest BCUT2D eigenvalue weighted by molar-refractivity contribution is -0.128. The monoisotopic (exact) mass is 268 g/mol. The second kappa shape index (κ2) is 6.37. The minimum Gasteiger partial charge on any atom is -0.390 e. The Morgan fingerprint density at radius 1 is 1.32 bits per heavy atom. The van der Waals surface area contributed by atoms with Gasteiger partial charge in [-0.2, -0.15) is 0 Å². The number of nitrogens with zero attached hydrogens (tertiary/aromatic N) is 1. The second-order valence-electron chi connectivity index (χ2n) is 5.77. The summed E-state index contributed by atoms with van der Waals surface area (Å²) in [5.74, 6) is 0.134. The molecule has 1 heterocycles. The molecule has 1 saturated heterocycles. The highest BCUT2D eigenvalue weighted by Gasteiger charge is 2.30. The summed E-state index contributed by atoms with van der Waals surface area (Å²) in [7, 11) is 0. The van der Waals surface area contributed by atoms with Crippen LogP contribution in [0.5, 0.6) is 0 Å². The lowest BCUT2D eigenvalue weighted by atomic mass is 9.98. The summed E-state index contributed by atoms with van der Waals surface area (Å²) in [6.07, 6.45) is 6.41. The van der Waals surface area contributed by atoms with Crippen LogP contribution in [0, 0.1) is 0 Å². The Balaban J connectivity index is 1.58. The Morgan fingerprint density at radius 3 is 2.68 bits per heavy atom. The van der Waals surface area contributed by atoms with E-state index in [2.05, 4.69) is 5.32 Å². The van der Waals surface area contributed by atoms with Crippen LogP contribution in [0.25, 0.3) is 0 Å². The van der Waals surface area contributed by atoms with Crippen molar-refractivity contribution in [3.05, 3.63) is 0 Å². The van der Waals surface area contributed by atoms with Crippen molar-refractivity contribution in [3.8, 4) is 0 Å². The first-order valence-corrected chi connectivity index (χ1v) is 7.36. The predicted molar refractivity (Wildman–Crippen MR) is 71.5 cm³/mol. The van der Waals surface area contributed by atoms with Gasteiger partial charge in [0.2, 0.25) is 11.8 Å². The molecule has 0 aromatic heterocycles. The lowest BCUT2D eigenvalue weighted by Crippen LogP contribution is -2.35. The van der Waals surface area contributed by atoms with Crippen LogP contribution in [-0.2, 0) is 9.59 Å². The van der Waals surface area contributed by atoms with Crippen molar-refractivity contribution >= 4 is 11.8 Å². The van der Waals surface area contributed by atoms with Crippen LogP contribution < -0.4 is 5.32 Å². The van der Waals surface area contributed by atoms with Crippen LogP contribution in [0.3, 0.4) is 0 Å². The van der Waals surface area contributed by atoms with Crippen molar-refractivity contribution in [1.29, 1.82) is 0 Å². The number of carbonyl (C=O) groups is 2. The zero-order valence-electron chi connectivity index (χ0n) is 11.5. The third-order valence-corrected chi connectivity index (χ3v) is 4.23. The van der Waals surface area contributed by atoms with E-state index < -0.39 is 5.60 Å². The van der Waals surface area contributed by atoms with E-state index in [1.807, 2.05) is 0 Å². The molecule has 2 amide bonds. The molecule has 0 radical (unpaired) electrons. The Kier molecular flexibility index (Phi) is 4.80. The number of carbonyl (C=O) groups excluding carboxylic acids is 2. The Morgan fingerprint density at radius 2 is 2.05 bits per heavy atom. The van der Waals surface area contributed by atoms with Crippen LogP contribution in [0.15, 0.2) is 0 Å². The van der Waals surface area contributed by atoms with E-state index in [9.17, 15) is 14.7 Å². The normalized spacial score (nSPS) is 21.9. The van der Waals surface area contributed by atoms with Crippen molar-refractivity contribution in [2.45, 2.75) is 57.0 Å². The summed E-state index contributed by atoms with van der Waals surface area (Å²) >= 11 is 0. The molecule has 0 aromatic carbocycles. The number of nitrogens with one attached hydrogen (secondary N) is 1. The summed E-state index contributed by atoms with van der Waals surface area (Å²) in [6, 6.07) is 0. The summed E-state index contributed by atoms with van der Waals surface area (Å²) in [5, 5.41) is 13.0. The summed E-state index contributed by atoms with van der Waals surface area (Å²) in [6.45, 7) is 1.84. The van der Waals surface area contributed by atoms with E-state index in [0.717, 1.165) is 38.6 Å². The maximum absolute atomic E-state index is 11.7. The van der Waals surface area contributed by atoms with Crippen molar-refractivity contribution in [3.63, 3.8) is 0 Å². The molecule has 2 N–H and O–H groups in total. The molecule has 1 aliphatic heterocycles. The first-order valence-electron chi connectivity index (χ1n) is 7.36. The lowest BCUT2D eigenvalue weighted by Gasteiger charge is -2.22. The number of rotatable bonds is 6. The minimum atomic E-state index is -0.557. The van der Waals surface area contributed by atoms with Gasteiger partial charge in [-0.15, -0.1) is 0 Å². The van der Waals surface area contributed by atoms with Gasteiger partial charge in [0, 0.05) is 32.5 Å². The number of hydrogen-bond donors (Lipinski definition) is 2. The van der Waals surface area contributed by atoms with Crippen LogP contribution in [0.2, 0.25) is 0 Å². The molecule has 2 rings (SSSR count). The van der Waals surface area contributed by atoms with Gasteiger partial charge in [0.1, 0.15) is 0 Å². The van der Waals surface area contributed by atoms with E-state index in [1.165, 1.54) is 0 Å².